The highest BCUT2D eigenvalue weighted by Gasteiger charge is 2.31. The van der Waals surface area contributed by atoms with Gasteiger partial charge in [0.1, 0.15) is 5.82 Å². The lowest BCUT2D eigenvalue weighted by molar-refractivity contribution is 0.0535. The summed E-state index contributed by atoms with van der Waals surface area (Å²) in [5, 5.41) is 10.4. The average Bonchev–Trinajstić information content (AvgIpc) is 2.35. The van der Waals surface area contributed by atoms with Gasteiger partial charge in [-0.05, 0) is 52.6 Å². The van der Waals surface area contributed by atoms with Crippen LogP contribution in [0, 0.1) is 23.6 Å². The normalized spacial score (nSPS) is 30.2. The summed E-state index contributed by atoms with van der Waals surface area (Å²) in [7, 11) is 0. The van der Waals surface area contributed by atoms with Crippen molar-refractivity contribution in [1.29, 1.82) is 0 Å². The molecule has 1 aromatic carbocycles. The van der Waals surface area contributed by atoms with Gasteiger partial charge in [0.05, 0.1) is 10.6 Å². The highest BCUT2D eigenvalue weighted by atomic mass is 79.9. The van der Waals surface area contributed by atoms with Crippen LogP contribution in [0.3, 0.4) is 0 Å². The molecule has 0 bridgehead atoms. The molecule has 1 aliphatic rings. The standard InChI is InChI=1S/C15H20BrFO/c1-9-6-7-11(8-10(9)2)15(18)12-4-3-5-13(16)14(12)17/h3-5,9-11,15,18H,6-8H2,1-2H3. The van der Waals surface area contributed by atoms with E-state index in [1.807, 2.05) is 0 Å². The Bertz CT molecular complexity index is 421. The second-order valence-corrected chi connectivity index (χ2v) is 6.47. The van der Waals surface area contributed by atoms with E-state index in [2.05, 4.69) is 29.8 Å². The van der Waals surface area contributed by atoms with E-state index in [1.54, 1.807) is 18.2 Å². The first kappa shape index (κ1) is 14.0. The molecule has 1 aromatic rings. The zero-order valence-electron chi connectivity index (χ0n) is 10.9. The number of halogens is 2. The topological polar surface area (TPSA) is 20.2 Å². The maximum absolute atomic E-state index is 14.0. The smallest absolute Gasteiger partial charge is 0.143 e. The van der Waals surface area contributed by atoms with Crippen molar-refractivity contribution in [2.75, 3.05) is 0 Å². The Morgan fingerprint density at radius 2 is 2.00 bits per heavy atom. The average molecular weight is 315 g/mol. The summed E-state index contributed by atoms with van der Waals surface area (Å²) in [5.74, 6) is 1.17. The van der Waals surface area contributed by atoms with Crippen molar-refractivity contribution in [3.05, 3.63) is 34.1 Å². The predicted octanol–water partition coefficient (Wildman–Crippen LogP) is 4.69. The Morgan fingerprint density at radius 1 is 1.28 bits per heavy atom. The Hall–Kier alpha value is -0.410. The van der Waals surface area contributed by atoms with Gasteiger partial charge in [-0.3, -0.25) is 0 Å². The van der Waals surface area contributed by atoms with Gasteiger partial charge in [-0.15, -0.1) is 0 Å². The fourth-order valence-corrected chi connectivity index (χ4v) is 3.26. The summed E-state index contributed by atoms with van der Waals surface area (Å²) in [4.78, 5) is 0. The van der Waals surface area contributed by atoms with Crippen molar-refractivity contribution in [1.82, 2.24) is 0 Å². The van der Waals surface area contributed by atoms with Crippen LogP contribution in [0.15, 0.2) is 22.7 Å². The third-order valence-corrected chi connectivity index (χ3v) is 5.00. The van der Waals surface area contributed by atoms with Gasteiger partial charge in [-0.25, -0.2) is 4.39 Å². The van der Waals surface area contributed by atoms with E-state index in [4.69, 9.17) is 0 Å². The van der Waals surface area contributed by atoms with Crippen LogP contribution in [0.2, 0.25) is 0 Å². The first-order valence-corrected chi connectivity index (χ1v) is 7.42. The fraction of sp³-hybridized carbons (Fsp3) is 0.600. The van der Waals surface area contributed by atoms with E-state index in [9.17, 15) is 9.50 Å². The quantitative estimate of drug-likeness (QED) is 0.839. The molecule has 0 amide bonds. The number of aliphatic hydroxyl groups is 1. The molecule has 0 heterocycles. The molecule has 0 aromatic heterocycles. The molecule has 4 atom stereocenters. The number of aliphatic hydroxyl groups excluding tert-OH is 1. The van der Waals surface area contributed by atoms with Gasteiger partial charge >= 0.3 is 0 Å². The molecule has 1 fully saturated rings. The molecule has 0 aliphatic heterocycles. The monoisotopic (exact) mass is 314 g/mol. The highest BCUT2D eigenvalue weighted by Crippen LogP contribution is 2.40. The summed E-state index contributed by atoms with van der Waals surface area (Å²) in [6.07, 6.45) is 2.41. The maximum Gasteiger partial charge on any atom is 0.143 e. The summed E-state index contributed by atoms with van der Waals surface area (Å²) >= 11 is 3.17. The van der Waals surface area contributed by atoms with E-state index < -0.39 is 6.10 Å². The minimum absolute atomic E-state index is 0.181. The van der Waals surface area contributed by atoms with Gasteiger partial charge in [-0.2, -0.15) is 0 Å². The summed E-state index contributed by atoms with van der Waals surface area (Å²) in [5.41, 5.74) is 0.427. The summed E-state index contributed by atoms with van der Waals surface area (Å²) in [6, 6.07) is 5.13. The molecule has 1 nitrogen and oxygen atoms in total. The van der Waals surface area contributed by atoms with Gasteiger partial charge in [-0.1, -0.05) is 32.4 Å². The Labute approximate surface area is 117 Å². The first-order valence-electron chi connectivity index (χ1n) is 6.62. The molecule has 4 unspecified atom stereocenters. The van der Waals surface area contributed by atoms with Crippen LogP contribution in [-0.2, 0) is 0 Å². The lowest BCUT2D eigenvalue weighted by Gasteiger charge is -2.34. The van der Waals surface area contributed by atoms with Crippen LogP contribution in [0.5, 0.6) is 0 Å². The highest BCUT2D eigenvalue weighted by molar-refractivity contribution is 9.10. The molecule has 100 valence electrons. The summed E-state index contributed by atoms with van der Waals surface area (Å²) in [6.45, 7) is 4.48. The molecule has 1 N–H and O–H groups in total. The molecule has 18 heavy (non-hydrogen) atoms. The molecule has 3 heteroatoms. The van der Waals surface area contributed by atoms with Gasteiger partial charge in [0.2, 0.25) is 0 Å². The molecule has 2 rings (SSSR count). The lowest BCUT2D eigenvalue weighted by Crippen LogP contribution is -2.25. The molecule has 0 spiro atoms. The third kappa shape index (κ3) is 2.77. The van der Waals surface area contributed by atoms with Crippen molar-refractivity contribution in [3.8, 4) is 0 Å². The number of benzene rings is 1. The second-order valence-electron chi connectivity index (χ2n) is 5.62. The Kier molecular flexibility index (Phi) is 4.44. The number of hydrogen-bond acceptors (Lipinski definition) is 1. The molecule has 0 saturated heterocycles. The van der Waals surface area contributed by atoms with E-state index in [1.165, 1.54) is 0 Å². The van der Waals surface area contributed by atoms with Crippen LogP contribution in [-0.4, -0.2) is 5.11 Å². The molecule has 1 aliphatic carbocycles. The van der Waals surface area contributed by atoms with Crippen LogP contribution in [0.25, 0.3) is 0 Å². The van der Waals surface area contributed by atoms with Gasteiger partial charge in [0, 0.05) is 5.56 Å². The zero-order valence-corrected chi connectivity index (χ0v) is 12.5. The molecular weight excluding hydrogens is 295 g/mol. The van der Waals surface area contributed by atoms with Crippen LogP contribution in [0.4, 0.5) is 4.39 Å². The van der Waals surface area contributed by atoms with Crippen molar-refractivity contribution >= 4 is 15.9 Å². The molecular formula is C15H20BrFO. The van der Waals surface area contributed by atoms with E-state index in [-0.39, 0.29) is 11.7 Å². The van der Waals surface area contributed by atoms with E-state index in [0.717, 1.165) is 19.3 Å². The minimum Gasteiger partial charge on any atom is -0.388 e. The molecule has 0 radical (unpaired) electrons. The number of rotatable bonds is 2. The van der Waals surface area contributed by atoms with Gasteiger partial charge in [0.15, 0.2) is 0 Å². The lowest BCUT2D eigenvalue weighted by atomic mass is 9.73. The zero-order chi connectivity index (χ0) is 13.3. The summed E-state index contributed by atoms with van der Waals surface area (Å²) < 4.78 is 14.4. The van der Waals surface area contributed by atoms with Crippen molar-refractivity contribution in [3.63, 3.8) is 0 Å². The predicted molar refractivity (Wildman–Crippen MR) is 74.7 cm³/mol. The van der Waals surface area contributed by atoms with E-state index >= 15 is 0 Å². The van der Waals surface area contributed by atoms with Crippen molar-refractivity contribution < 1.29 is 9.50 Å². The fourth-order valence-electron chi connectivity index (χ4n) is 2.88. The number of hydrogen-bond donors (Lipinski definition) is 1. The maximum atomic E-state index is 14.0. The van der Waals surface area contributed by atoms with Gasteiger partial charge in [0.25, 0.3) is 0 Å². The van der Waals surface area contributed by atoms with E-state index in [0.29, 0.717) is 21.9 Å². The van der Waals surface area contributed by atoms with Crippen LogP contribution >= 0.6 is 15.9 Å². The second kappa shape index (κ2) is 5.70. The Balaban J connectivity index is 2.16. The van der Waals surface area contributed by atoms with Crippen molar-refractivity contribution in [2.24, 2.45) is 17.8 Å². The SMILES string of the molecule is CC1CCC(C(O)c2cccc(Br)c2F)CC1C. The van der Waals surface area contributed by atoms with Crippen molar-refractivity contribution in [2.45, 2.75) is 39.2 Å². The largest absolute Gasteiger partial charge is 0.388 e. The van der Waals surface area contributed by atoms with Crippen LogP contribution < -0.4 is 0 Å². The first-order chi connectivity index (χ1) is 8.50. The minimum atomic E-state index is -0.683. The Morgan fingerprint density at radius 3 is 2.67 bits per heavy atom. The third-order valence-electron chi connectivity index (χ3n) is 4.39. The van der Waals surface area contributed by atoms with Crippen LogP contribution in [0.1, 0.15) is 44.8 Å². The molecule has 1 saturated carbocycles. The van der Waals surface area contributed by atoms with Gasteiger partial charge < -0.3 is 5.11 Å².